The van der Waals surface area contributed by atoms with Crippen molar-refractivity contribution in [2.75, 3.05) is 63.7 Å². The maximum absolute atomic E-state index is 13.7. The van der Waals surface area contributed by atoms with Crippen LogP contribution >= 0.6 is 0 Å². The number of imidazole rings is 1. The second kappa shape index (κ2) is 20.5. The number of urea groups is 1. The van der Waals surface area contributed by atoms with E-state index in [0.717, 1.165) is 97.9 Å². The third-order valence-electron chi connectivity index (χ3n) is 13.0. The van der Waals surface area contributed by atoms with E-state index < -0.39 is 18.2 Å². The molecule has 2 aliphatic carbocycles. The summed E-state index contributed by atoms with van der Waals surface area (Å²) in [5.41, 5.74) is 4.72. The van der Waals surface area contributed by atoms with E-state index in [1.165, 1.54) is 17.4 Å². The zero-order chi connectivity index (χ0) is 44.7. The van der Waals surface area contributed by atoms with Gasteiger partial charge in [0.05, 0.1) is 48.3 Å². The van der Waals surface area contributed by atoms with E-state index in [-0.39, 0.29) is 36.0 Å². The molecule has 8 rings (SSSR count). The molecule has 3 aromatic heterocycles. The number of fused-ring (bicyclic) bond motifs is 1. The number of piperidine rings is 1. The Balaban J connectivity index is 0.722. The Morgan fingerprint density at radius 3 is 2.55 bits per heavy atom. The molecule has 3 N–H and O–H groups in total. The van der Waals surface area contributed by atoms with E-state index in [9.17, 15) is 19.2 Å². The Kier molecular flexibility index (Phi) is 14.5. The van der Waals surface area contributed by atoms with Gasteiger partial charge in [-0.1, -0.05) is 26.0 Å². The maximum Gasteiger partial charge on any atom is 0.329 e. The number of aromatic nitrogens is 5. The molecule has 2 atom stereocenters. The number of benzene rings is 1. The van der Waals surface area contributed by atoms with E-state index in [4.69, 9.17) is 19.3 Å². The number of rotatable bonds is 20. The van der Waals surface area contributed by atoms with Gasteiger partial charge in [0.2, 0.25) is 18.0 Å². The summed E-state index contributed by atoms with van der Waals surface area (Å²) >= 11 is 0. The lowest BCUT2D eigenvalue weighted by atomic mass is 9.86. The van der Waals surface area contributed by atoms with E-state index in [0.29, 0.717) is 44.3 Å². The van der Waals surface area contributed by atoms with Crippen molar-refractivity contribution in [1.29, 1.82) is 0 Å². The van der Waals surface area contributed by atoms with Crippen LogP contribution in [0.25, 0.3) is 11.0 Å². The number of likely N-dealkylation sites (N-methyl/N-ethyl adjacent to an activating group) is 1. The number of anilines is 2. The fourth-order valence-corrected chi connectivity index (χ4v) is 9.28. The van der Waals surface area contributed by atoms with Crippen LogP contribution in [-0.4, -0.2) is 105 Å². The molecule has 4 aromatic rings. The second-order valence-electron chi connectivity index (χ2n) is 18.2. The minimum atomic E-state index is -0.699. The van der Waals surface area contributed by atoms with Gasteiger partial charge in [0, 0.05) is 63.9 Å². The Morgan fingerprint density at radius 1 is 1.00 bits per heavy atom. The number of pyridine rings is 1. The number of aryl methyl sites for hydroxylation is 2. The van der Waals surface area contributed by atoms with Crippen molar-refractivity contribution >= 4 is 40.4 Å². The third-order valence-corrected chi connectivity index (χ3v) is 13.0. The highest BCUT2D eigenvalue weighted by atomic mass is 16.5. The number of carbonyl (C=O) groups is 3. The lowest BCUT2D eigenvalue weighted by Gasteiger charge is -2.31. The van der Waals surface area contributed by atoms with Crippen molar-refractivity contribution in [3.05, 3.63) is 82.5 Å². The predicted molar refractivity (Wildman–Crippen MR) is 243 cm³/mol. The lowest BCUT2D eigenvalue weighted by Crippen LogP contribution is -2.44. The molecule has 5 heterocycles. The minimum absolute atomic E-state index is 0.136. The first-order valence-electron chi connectivity index (χ1n) is 23.1. The van der Waals surface area contributed by atoms with Crippen LogP contribution in [0, 0.1) is 11.8 Å². The zero-order valence-corrected chi connectivity index (χ0v) is 37.7. The highest BCUT2D eigenvalue weighted by Crippen LogP contribution is 2.36. The summed E-state index contributed by atoms with van der Waals surface area (Å²) in [4.78, 5) is 59.6. The maximum atomic E-state index is 13.7. The van der Waals surface area contributed by atoms with Crippen molar-refractivity contribution in [2.24, 2.45) is 18.9 Å². The molecule has 2 aliphatic heterocycles. The number of ether oxygens (including phenoxy) is 3. The van der Waals surface area contributed by atoms with Crippen molar-refractivity contribution in [1.82, 2.24) is 39.0 Å². The van der Waals surface area contributed by atoms with Gasteiger partial charge in [0.25, 0.3) is 0 Å². The molecule has 0 spiro atoms. The highest BCUT2D eigenvalue weighted by Gasteiger charge is 2.33. The van der Waals surface area contributed by atoms with Crippen LogP contribution in [0.4, 0.5) is 16.3 Å². The van der Waals surface area contributed by atoms with Crippen LogP contribution in [0.3, 0.4) is 0 Å². The molecule has 0 radical (unpaired) electrons. The van der Waals surface area contributed by atoms with Gasteiger partial charge in [0.1, 0.15) is 18.1 Å². The normalized spacial score (nSPS) is 21.2. The average Bonchev–Trinajstić information content (AvgIpc) is 3.69. The van der Waals surface area contributed by atoms with Crippen molar-refractivity contribution in [3.63, 3.8) is 0 Å². The average molecular weight is 881 g/mol. The van der Waals surface area contributed by atoms with E-state index in [2.05, 4.69) is 51.4 Å². The molecule has 0 bridgehead atoms. The number of nitrogens with one attached hydrogen (secondary N) is 3. The first-order chi connectivity index (χ1) is 31.0. The Labute approximate surface area is 374 Å². The highest BCUT2D eigenvalue weighted by molar-refractivity contribution is 6.00. The van der Waals surface area contributed by atoms with Gasteiger partial charge < -0.3 is 29.7 Å². The number of imide groups is 1. The Bertz CT molecular complexity index is 2360. The molecule has 344 valence electrons. The fraction of sp³-hybridized carbons (Fsp3) is 0.574. The minimum Gasteiger partial charge on any atom is -0.472 e. The molecule has 1 saturated heterocycles. The van der Waals surface area contributed by atoms with Crippen LogP contribution in [0.5, 0.6) is 0 Å². The second-order valence-corrected chi connectivity index (χ2v) is 18.2. The van der Waals surface area contributed by atoms with Gasteiger partial charge in [-0.25, -0.2) is 14.6 Å². The summed E-state index contributed by atoms with van der Waals surface area (Å²) < 4.78 is 22.9. The molecular weight excluding hydrogens is 817 g/mol. The van der Waals surface area contributed by atoms with Crippen LogP contribution in [0.2, 0.25) is 0 Å². The summed E-state index contributed by atoms with van der Waals surface area (Å²) in [6.07, 6.45) is 15.2. The van der Waals surface area contributed by atoms with Gasteiger partial charge in [-0.15, -0.1) is 0 Å². The summed E-state index contributed by atoms with van der Waals surface area (Å²) in [6.45, 7) is 9.21. The number of carbonyl (C=O) groups excluding carboxylic acids is 3. The molecule has 4 amide bonds. The lowest BCUT2D eigenvalue weighted by molar-refractivity contribution is -0.135. The first kappa shape index (κ1) is 45.1. The largest absolute Gasteiger partial charge is 0.472 e. The third kappa shape index (κ3) is 10.7. The van der Waals surface area contributed by atoms with Crippen LogP contribution < -0.4 is 21.6 Å². The summed E-state index contributed by atoms with van der Waals surface area (Å²) in [5.74, 6) is 1.51. The van der Waals surface area contributed by atoms with Gasteiger partial charge in [-0.05, 0) is 106 Å². The number of hydrogen-bond donors (Lipinski definition) is 3. The van der Waals surface area contributed by atoms with E-state index in [1.54, 1.807) is 35.2 Å². The Hall–Kier alpha value is -5.52. The molecular formula is C47H64N10O7. The summed E-state index contributed by atoms with van der Waals surface area (Å²) in [6, 6.07) is 8.92. The summed E-state index contributed by atoms with van der Waals surface area (Å²) in [7, 11) is 3.88. The molecule has 17 nitrogen and oxygen atoms in total. The van der Waals surface area contributed by atoms with Crippen molar-refractivity contribution < 1.29 is 28.6 Å². The quantitative estimate of drug-likeness (QED) is 0.0679. The predicted octanol–water partition coefficient (Wildman–Crippen LogP) is 6.22. The smallest absolute Gasteiger partial charge is 0.329 e. The van der Waals surface area contributed by atoms with Crippen LogP contribution in [-0.2, 0) is 37.3 Å². The number of amides is 4. The van der Waals surface area contributed by atoms with Gasteiger partial charge in [0.15, 0.2) is 0 Å². The van der Waals surface area contributed by atoms with E-state index >= 15 is 0 Å². The summed E-state index contributed by atoms with van der Waals surface area (Å²) in [5, 5.41) is 13.9. The molecule has 64 heavy (non-hydrogen) atoms. The molecule has 3 fully saturated rings. The molecule has 4 aliphatic rings. The fourth-order valence-electron chi connectivity index (χ4n) is 9.28. The Morgan fingerprint density at radius 2 is 1.78 bits per heavy atom. The van der Waals surface area contributed by atoms with Gasteiger partial charge in [-0.2, -0.15) is 5.10 Å². The topological polar surface area (TPSA) is 179 Å². The molecule has 1 aromatic carbocycles. The standard InChI is InChI=1S/C47H64N10O7/c1-31(2)42-37(50-46(60)55-21-24-64-45(55)35-18-19-48-40(27-35)49-28-32-10-11-32)30-56(52-42)36-14-12-33(13-15-36)29-53(3)20-23-63-26-25-62-22-6-8-34-7-5-9-38-43(34)54(4)47(61)57(38)39-16-17-41(58)51-44(39)59/h5,7,9,18-19,21,24,27,30-33,36,39,45H,6,8,10-17,20,22-23,25-26,28-29H2,1-4H3,(H,48,49)(H,50,60)(H,51,58,59). The number of nitrogens with zero attached hydrogens (tertiary/aromatic N) is 7. The molecule has 17 heteroatoms. The number of hydrogen-bond acceptors (Lipinski definition) is 11. The van der Waals surface area contributed by atoms with Crippen molar-refractivity contribution in [2.45, 2.75) is 102 Å². The molecule has 2 unspecified atom stereocenters. The van der Waals surface area contributed by atoms with Crippen molar-refractivity contribution in [3.8, 4) is 0 Å². The zero-order valence-electron chi connectivity index (χ0n) is 37.7. The number of para-hydroxylation sites is 1. The SMILES string of the molecule is CC(C)c1nn(C2CCC(CN(C)CCOCCOCCCc3cccc4c3n(C)c(=O)n4C3CCC(=O)NC3=O)CC2)cc1NC(=O)N1C=COC1c1ccnc(NCC2CC2)c1. The first-order valence-corrected chi connectivity index (χ1v) is 23.1. The van der Waals surface area contributed by atoms with Crippen LogP contribution in [0.1, 0.15) is 113 Å². The van der Waals surface area contributed by atoms with Crippen LogP contribution in [0.15, 0.2) is 60.0 Å². The monoisotopic (exact) mass is 880 g/mol. The van der Waals surface area contributed by atoms with E-state index in [1.807, 2.05) is 36.5 Å². The van der Waals surface area contributed by atoms with Gasteiger partial charge in [-0.3, -0.25) is 33.6 Å². The molecule has 2 saturated carbocycles. The van der Waals surface area contributed by atoms with Gasteiger partial charge >= 0.3 is 11.7 Å².